The van der Waals surface area contributed by atoms with Crippen LogP contribution in [0.15, 0.2) is 24.3 Å². The van der Waals surface area contributed by atoms with Gasteiger partial charge in [-0.05, 0) is 30.2 Å². The maximum Gasteiger partial charge on any atom is 0.348 e. The summed E-state index contributed by atoms with van der Waals surface area (Å²) < 4.78 is 28.5. The minimum Gasteiger partial charge on any atom is -0.465 e. The molecule has 2 aromatic rings. The number of carbonyl (C=O) groups excluding carboxylic acids is 3. The Morgan fingerprint density at radius 1 is 1.19 bits per heavy atom. The molecule has 172 valence electrons. The molecule has 0 bridgehead atoms. The standard InChI is InChI=1S/C22H25FN2O6S/c1-13-18(21(27)29-2)20(32-19(13)22(28)30-3)24-17(26)8-9-25-10-11-31-16(12-25)14-4-6-15(23)7-5-14/h4-7,16H,8-12H2,1-3H3,(H,24,26). The fourth-order valence-electron chi connectivity index (χ4n) is 3.47. The summed E-state index contributed by atoms with van der Waals surface area (Å²) in [4.78, 5) is 39.1. The van der Waals surface area contributed by atoms with E-state index in [2.05, 4.69) is 10.2 Å². The van der Waals surface area contributed by atoms with Crippen LogP contribution in [0.25, 0.3) is 0 Å². The lowest BCUT2D eigenvalue weighted by molar-refractivity contribution is -0.117. The van der Waals surface area contributed by atoms with E-state index in [9.17, 15) is 18.8 Å². The van der Waals surface area contributed by atoms with Crippen molar-refractivity contribution in [3.05, 3.63) is 51.7 Å². The van der Waals surface area contributed by atoms with Crippen molar-refractivity contribution >= 4 is 34.2 Å². The van der Waals surface area contributed by atoms with Crippen LogP contribution in [0.2, 0.25) is 0 Å². The Morgan fingerprint density at radius 3 is 2.53 bits per heavy atom. The Kier molecular flexibility index (Phi) is 7.94. The van der Waals surface area contributed by atoms with Crippen molar-refractivity contribution < 1.29 is 33.0 Å². The van der Waals surface area contributed by atoms with Gasteiger partial charge in [0, 0.05) is 26.1 Å². The van der Waals surface area contributed by atoms with Crippen LogP contribution in [0.1, 0.15) is 43.7 Å². The number of rotatable bonds is 7. The Bertz CT molecular complexity index is 991. The second kappa shape index (κ2) is 10.7. The summed E-state index contributed by atoms with van der Waals surface area (Å²) in [6.45, 7) is 3.84. The zero-order chi connectivity index (χ0) is 23.3. The van der Waals surface area contributed by atoms with Crippen molar-refractivity contribution in [1.82, 2.24) is 4.90 Å². The van der Waals surface area contributed by atoms with E-state index in [4.69, 9.17) is 14.2 Å². The predicted octanol–water partition coefficient (Wildman–Crippen LogP) is 3.17. The first-order valence-corrected chi connectivity index (χ1v) is 10.8. The van der Waals surface area contributed by atoms with Crippen LogP contribution in [-0.2, 0) is 19.0 Å². The van der Waals surface area contributed by atoms with E-state index >= 15 is 0 Å². The summed E-state index contributed by atoms with van der Waals surface area (Å²) in [6, 6.07) is 6.19. The van der Waals surface area contributed by atoms with Gasteiger partial charge in [0.05, 0.1) is 32.5 Å². The van der Waals surface area contributed by atoms with Gasteiger partial charge in [-0.15, -0.1) is 11.3 Å². The molecule has 1 N–H and O–H groups in total. The number of carbonyl (C=O) groups is 3. The normalized spacial score (nSPS) is 16.4. The van der Waals surface area contributed by atoms with Crippen molar-refractivity contribution in [2.24, 2.45) is 0 Å². The third-order valence-electron chi connectivity index (χ3n) is 5.21. The van der Waals surface area contributed by atoms with Crippen LogP contribution >= 0.6 is 11.3 Å². The average molecular weight is 465 g/mol. The number of halogens is 1. The molecule has 2 heterocycles. The molecular formula is C22H25FN2O6S. The lowest BCUT2D eigenvalue weighted by Crippen LogP contribution is -2.39. The quantitative estimate of drug-likeness (QED) is 0.629. The Labute approximate surface area is 189 Å². The fraction of sp³-hybridized carbons (Fsp3) is 0.409. The number of anilines is 1. The van der Waals surface area contributed by atoms with Gasteiger partial charge >= 0.3 is 11.9 Å². The van der Waals surface area contributed by atoms with E-state index in [-0.39, 0.29) is 39.7 Å². The number of thiophene rings is 1. The molecule has 0 saturated carbocycles. The number of amides is 1. The first kappa shape index (κ1) is 23.8. The van der Waals surface area contributed by atoms with Gasteiger partial charge in [-0.25, -0.2) is 14.0 Å². The van der Waals surface area contributed by atoms with Gasteiger partial charge in [-0.1, -0.05) is 12.1 Å². The number of ether oxygens (including phenoxy) is 3. The highest BCUT2D eigenvalue weighted by atomic mass is 32.1. The van der Waals surface area contributed by atoms with E-state index in [1.807, 2.05) is 0 Å². The van der Waals surface area contributed by atoms with Gasteiger partial charge in [-0.3, -0.25) is 9.69 Å². The molecule has 1 saturated heterocycles. The second-order valence-electron chi connectivity index (χ2n) is 7.25. The number of hydrogen-bond acceptors (Lipinski definition) is 8. The highest BCUT2D eigenvalue weighted by Crippen LogP contribution is 2.34. The van der Waals surface area contributed by atoms with Crippen molar-refractivity contribution in [2.75, 3.05) is 45.8 Å². The van der Waals surface area contributed by atoms with Crippen LogP contribution in [0.3, 0.4) is 0 Å². The molecule has 8 nitrogen and oxygen atoms in total. The molecular weight excluding hydrogens is 439 g/mol. The molecule has 1 aliphatic rings. The van der Waals surface area contributed by atoms with Crippen LogP contribution in [-0.4, -0.2) is 63.2 Å². The number of nitrogens with one attached hydrogen (secondary N) is 1. The van der Waals surface area contributed by atoms with Crippen LogP contribution < -0.4 is 5.32 Å². The number of methoxy groups -OCH3 is 2. The summed E-state index contributed by atoms with van der Waals surface area (Å²) >= 11 is 0.980. The first-order valence-electron chi connectivity index (χ1n) is 10.0. The summed E-state index contributed by atoms with van der Waals surface area (Å²) in [6.07, 6.45) is -0.0118. The van der Waals surface area contributed by atoms with Crippen molar-refractivity contribution in [3.8, 4) is 0 Å². The van der Waals surface area contributed by atoms with Crippen LogP contribution in [0, 0.1) is 12.7 Å². The molecule has 1 amide bonds. The average Bonchev–Trinajstić information content (AvgIpc) is 3.12. The zero-order valence-corrected chi connectivity index (χ0v) is 18.9. The minimum absolute atomic E-state index is 0.147. The van der Waals surface area contributed by atoms with E-state index < -0.39 is 11.9 Å². The highest BCUT2D eigenvalue weighted by Gasteiger charge is 2.27. The van der Waals surface area contributed by atoms with Gasteiger partial charge in [0.25, 0.3) is 0 Å². The Hall–Kier alpha value is -2.82. The van der Waals surface area contributed by atoms with Gasteiger partial charge in [-0.2, -0.15) is 0 Å². The summed E-state index contributed by atoms with van der Waals surface area (Å²) in [7, 11) is 2.48. The molecule has 1 aromatic carbocycles. The maximum absolute atomic E-state index is 13.2. The van der Waals surface area contributed by atoms with E-state index in [1.54, 1.807) is 19.1 Å². The number of hydrogen-bond donors (Lipinski definition) is 1. The fourth-order valence-corrected chi connectivity index (χ4v) is 4.60. The molecule has 1 aromatic heterocycles. The van der Waals surface area contributed by atoms with E-state index in [1.165, 1.54) is 26.4 Å². The number of nitrogens with zero attached hydrogens (tertiary/aromatic N) is 1. The molecule has 32 heavy (non-hydrogen) atoms. The lowest BCUT2D eigenvalue weighted by Gasteiger charge is -2.33. The maximum atomic E-state index is 13.2. The second-order valence-corrected chi connectivity index (χ2v) is 8.27. The monoisotopic (exact) mass is 464 g/mol. The third kappa shape index (κ3) is 5.50. The zero-order valence-electron chi connectivity index (χ0n) is 18.1. The smallest absolute Gasteiger partial charge is 0.348 e. The number of benzene rings is 1. The van der Waals surface area contributed by atoms with E-state index in [0.717, 1.165) is 16.9 Å². The molecule has 10 heteroatoms. The molecule has 1 fully saturated rings. The van der Waals surface area contributed by atoms with Gasteiger partial charge < -0.3 is 19.5 Å². The van der Waals surface area contributed by atoms with Gasteiger partial charge in [0.2, 0.25) is 5.91 Å². The Morgan fingerprint density at radius 2 is 1.88 bits per heavy atom. The molecule has 0 spiro atoms. The van der Waals surface area contributed by atoms with Crippen LogP contribution in [0.4, 0.5) is 9.39 Å². The van der Waals surface area contributed by atoms with Crippen LogP contribution in [0.5, 0.6) is 0 Å². The highest BCUT2D eigenvalue weighted by molar-refractivity contribution is 7.18. The largest absolute Gasteiger partial charge is 0.465 e. The molecule has 3 rings (SSSR count). The number of esters is 2. The molecule has 0 radical (unpaired) electrons. The SMILES string of the molecule is COC(=O)c1sc(NC(=O)CCN2CCOC(c3ccc(F)cc3)C2)c(C(=O)OC)c1C. The van der Waals surface area contributed by atoms with Crippen molar-refractivity contribution in [1.29, 1.82) is 0 Å². The van der Waals surface area contributed by atoms with E-state index in [0.29, 0.717) is 31.8 Å². The molecule has 1 atom stereocenters. The Balaban J connectivity index is 1.62. The predicted molar refractivity (Wildman–Crippen MR) is 117 cm³/mol. The third-order valence-corrected chi connectivity index (χ3v) is 6.39. The van der Waals surface area contributed by atoms with Crippen molar-refractivity contribution in [2.45, 2.75) is 19.4 Å². The molecule has 1 unspecified atom stereocenters. The van der Waals surface area contributed by atoms with Crippen molar-refractivity contribution in [3.63, 3.8) is 0 Å². The summed E-state index contributed by atoms with van der Waals surface area (Å²) in [5, 5.41) is 2.98. The van der Waals surface area contributed by atoms with Gasteiger partial charge in [0.1, 0.15) is 15.7 Å². The summed E-state index contributed by atoms with van der Waals surface area (Å²) in [5.74, 6) is -1.82. The summed E-state index contributed by atoms with van der Waals surface area (Å²) in [5.41, 5.74) is 1.43. The minimum atomic E-state index is -0.639. The first-order chi connectivity index (χ1) is 15.3. The number of morpholine rings is 1. The molecule has 0 aliphatic carbocycles. The lowest BCUT2D eigenvalue weighted by atomic mass is 10.1. The van der Waals surface area contributed by atoms with Gasteiger partial charge in [0.15, 0.2) is 0 Å². The molecule has 1 aliphatic heterocycles. The topological polar surface area (TPSA) is 94.2 Å².